The van der Waals surface area contributed by atoms with Crippen molar-refractivity contribution in [2.75, 3.05) is 13.9 Å². The fourth-order valence-electron chi connectivity index (χ4n) is 2.30. The van der Waals surface area contributed by atoms with Crippen LogP contribution in [0.3, 0.4) is 0 Å². The Kier molecular flexibility index (Phi) is 6.34. The summed E-state index contributed by atoms with van der Waals surface area (Å²) in [6.07, 6.45) is 0.816. The van der Waals surface area contributed by atoms with Crippen molar-refractivity contribution in [3.8, 4) is 0 Å². The highest BCUT2D eigenvalue weighted by Crippen LogP contribution is 2.32. The van der Waals surface area contributed by atoms with Crippen LogP contribution in [0.5, 0.6) is 0 Å². The number of rotatable bonds is 7. The molecule has 0 radical (unpaired) electrons. The molecule has 0 aliphatic carbocycles. The second-order valence-electron chi connectivity index (χ2n) is 5.98. The lowest BCUT2D eigenvalue weighted by Gasteiger charge is -2.18. The van der Waals surface area contributed by atoms with E-state index >= 15 is 0 Å². The minimum atomic E-state index is -1.26. The van der Waals surface area contributed by atoms with Crippen LogP contribution in [-0.2, 0) is 29.7 Å². The van der Waals surface area contributed by atoms with E-state index < -0.39 is 28.8 Å². The Bertz CT molecular complexity index is 621. The summed E-state index contributed by atoms with van der Waals surface area (Å²) < 4.78 is 34.3. The molecule has 6 heteroatoms. The van der Waals surface area contributed by atoms with Gasteiger partial charge in [-0.15, -0.1) is 0 Å². The van der Waals surface area contributed by atoms with E-state index in [4.69, 9.17) is 18.9 Å². The second kappa shape index (κ2) is 8.07. The van der Waals surface area contributed by atoms with Crippen molar-refractivity contribution in [3.63, 3.8) is 0 Å². The molecule has 1 fully saturated rings. The summed E-state index contributed by atoms with van der Waals surface area (Å²) >= 11 is 0. The molecule has 5 nitrogen and oxygen atoms in total. The molecule has 0 bridgehead atoms. The van der Waals surface area contributed by atoms with Gasteiger partial charge in [-0.1, -0.05) is 24.3 Å². The van der Waals surface area contributed by atoms with Crippen molar-refractivity contribution in [2.24, 2.45) is 0 Å². The first kappa shape index (κ1) is 18.9. The SMILES string of the molecule is C=C(OCOC)[C@H]1OC(C)(C)O[C@H]1/C=C/S(=O)c1ccc(C)cc1. The third kappa shape index (κ3) is 5.01. The maximum Gasteiger partial charge on any atom is 0.188 e. The lowest BCUT2D eigenvalue weighted by molar-refractivity contribution is -0.145. The zero-order valence-corrected chi connectivity index (χ0v) is 15.3. The Labute approximate surface area is 145 Å². The van der Waals surface area contributed by atoms with E-state index in [9.17, 15) is 4.21 Å². The standard InChI is InChI=1S/C18H24O5S/c1-13-6-8-15(9-7-13)24(19)11-10-16-17(14(2)21-12-20-5)23-18(3,4)22-16/h6-11,16-17H,2,12H2,1,3-5H3/b11-10+/t16-,17+,24?/m0/s1. The van der Waals surface area contributed by atoms with Crippen LogP contribution in [-0.4, -0.2) is 36.1 Å². The topological polar surface area (TPSA) is 54.0 Å². The molecule has 132 valence electrons. The fraction of sp³-hybridized carbons (Fsp3) is 0.444. The van der Waals surface area contributed by atoms with Gasteiger partial charge in [-0.3, -0.25) is 0 Å². The molecule has 1 aromatic rings. The lowest BCUT2D eigenvalue weighted by atomic mass is 10.2. The van der Waals surface area contributed by atoms with Gasteiger partial charge in [-0.05, 0) is 39.0 Å². The molecular weight excluding hydrogens is 328 g/mol. The lowest BCUT2D eigenvalue weighted by Crippen LogP contribution is -2.24. The van der Waals surface area contributed by atoms with Gasteiger partial charge in [0.15, 0.2) is 12.6 Å². The maximum absolute atomic E-state index is 12.4. The average Bonchev–Trinajstić information content (AvgIpc) is 2.86. The smallest absolute Gasteiger partial charge is 0.188 e. The Morgan fingerprint density at radius 3 is 2.62 bits per heavy atom. The molecule has 0 spiro atoms. The van der Waals surface area contributed by atoms with Gasteiger partial charge in [0.1, 0.15) is 18.0 Å². The van der Waals surface area contributed by atoms with Crippen LogP contribution in [0, 0.1) is 6.92 Å². The molecular formula is C18H24O5S. The maximum atomic E-state index is 12.4. The van der Waals surface area contributed by atoms with Crippen molar-refractivity contribution in [2.45, 2.75) is 43.7 Å². The van der Waals surface area contributed by atoms with Gasteiger partial charge in [0, 0.05) is 17.4 Å². The first-order chi connectivity index (χ1) is 11.3. The predicted octanol–water partition coefficient (Wildman–Crippen LogP) is 3.27. The van der Waals surface area contributed by atoms with E-state index in [0.29, 0.717) is 5.76 Å². The second-order valence-corrected chi connectivity index (χ2v) is 7.32. The highest BCUT2D eigenvalue weighted by molar-refractivity contribution is 7.88. The summed E-state index contributed by atoms with van der Waals surface area (Å²) in [6.45, 7) is 9.57. The van der Waals surface area contributed by atoms with Gasteiger partial charge in [-0.2, -0.15) is 0 Å². The monoisotopic (exact) mass is 352 g/mol. The summed E-state index contributed by atoms with van der Waals surface area (Å²) in [7, 11) is 0.276. The van der Waals surface area contributed by atoms with Crippen LogP contribution in [0.4, 0.5) is 0 Å². The quantitative estimate of drug-likeness (QED) is 0.557. The molecule has 1 saturated heterocycles. The molecule has 1 aliphatic rings. The van der Waals surface area contributed by atoms with Crippen molar-refractivity contribution < 1.29 is 23.2 Å². The molecule has 1 aromatic carbocycles. The number of benzene rings is 1. The van der Waals surface area contributed by atoms with Gasteiger partial charge in [0.05, 0.1) is 10.8 Å². The Morgan fingerprint density at radius 1 is 1.33 bits per heavy atom. The zero-order chi connectivity index (χ0) is 17.7. The van der Waals surface area contributed by atoms with Crippen molar-refractivity contribution in [1.82, 2.24) is 0 Å². The molecule has 2 rings (SSSR count). The third-order valence-electron chi connectivity index (χ3n) is 3.45. The predicted molar refractivity (Wildman–Crippen MR) is 92.7 cm³/mol. The molecule has 24 heavy (non-hydrogen) atoms. The Hall–Kier alpha value is -1.47. The zero-order valence-electron chi connectivity index (χ0n) is 14.5. The van der Waals surface area contributed by atoms with Crippen LogP contribution >= 0.6 is 0 Å². The molecule has 3 atom stereocenters. The molecule has 0 aromatic heterocycles. The molecule has 1 heterocycles. The summed E-state index contributed by atoms with van der Waals surface area (Å²) in [4.78, 5) is 0.737. The molecule has 1 aliphatic heterocycles. The molecule has 0 amide bonds. The van der Waals surface area contributed by atoms with Crippen molar-refractivity contribution >= 4 is 10.8 Å². The van der Waals surface area contributed by atoms with E-state index in [0.717, 1.165) is 10.5 Å². The molecule has 0 saturated carbocycles. The number of methoxy groups -OCH3 is 1. The minimum absolute atomic E-state index is 0.0881. The van der Waals surface area contributed by atoms with E-state index in [2.05, 4.69) is 6.58 Å². The van der Waals surface area contributed by atoms with Gasteiger partial charge in [-0.25, -0.2) is 4.21 Å². The number of ether oxygens (including phenoxy) is 4. The molecule has 0 N–H and O–H groups in total. The van der Waals surface area contributed by atoms with Gasteiger partial charge >= 0.3 is 0 Å². The Morgan fingerprint density at radius 2 is 2.00 bits per heavy atom. The molecule has 1 unspecified atom stereocenters. The third-order valence-corrected chi connectivity index (χ3v) is 4.59. The number of aryl methyl sites for hydroxylation is 1. The van der Waals surface area contributed by atoms with E-state index in [1.54, 1.807) is 11.5 Å². The summed E-state index contributed by atoms with van der Waals surface area (Å²) in [5.74, 6) is -0.358. The van der Waals surface area contributed by atoms with Crippen LogP contribution < -0.4 is 0 Å². The van der Waals surface area contributed by atoms with E-state index in [1.807, 2.05) is 45.0 Å². The van der Waals surface area contributed by atoms with Gasteiger partial charge in [0.2, 0.25) is 0 Å². The van der Waals surface area contributed by atoms with Crippen LogP contribution in [0.25, 0.3) is 0 Å². The van der Waals surface area contributed by atoms with Crippen LogP contribution in [0.1, 0.15) is 19.4 Å². The fourth-order valence-corrected chi connectivity index (χ4v) is 3.15. The number of hydrogen-bond acceptors (Lipinski definition) is 5. The summed E-state index contributed by atoms with van der Waals surface area (Å²) in [6, 6.07) is 7.57. The van der Waals surface area contributed by atoms with E-state index in [-0.39, 0.29) is 6.79 Å². The highest BCUT2D eigenvalue weighted by Gasteiger charge is 2.42. The average molecular weight is 352 g/mol. The summed E-state index contributed by atoms with van der Waals surface area (Å²) in [5, 5.41) is 1.61. The van der Waals surface area contributed by atoms with Crippen LogP contribution in [0.2, 0.25) is 0 Å². The first-order valence-electron chi connectivity index (χ1n) is 7.64. The van der Waals surface area contributed by atoms with Crippen LogP contribution in [0.15, 0.2) is 53.0 Å². The number of hydrogen-bond donors (Lipinski definition) is 0. The normalized spacial score (nSPS) is 24.2. The van der Waals surface area contributed by atoms with Crippen molar-refractivity contribution in [3.05, 3.63) is 53.7 Å². The highest BCUT2D eigenvalue weighted by atomic mass is 32.2. The summed E-state index contributed by atoms with van der Waals surface area (Å²) in [5.41, 5.74) is 1.13. The van der Waals surface area contributed by atoms with E-state index in [1.165, 1.54) is 7.11 Å². The minimum Gasteiger partial charge on any atom is -0.470 e. The Balaban J connectivity index is 2.08. The first-order valence-corrected chi connectivity index (χ1v) is 8.85. The van der Waals surface area contributed by atoms with Gasteiger partial charge < -0.3 is 18.9 Å². The van der Waals surface area contributed by atoms with Crippen molar-refractivity contribution in [1.29, 1.82) is 0 Å². The largest absolute Gasteiger partial charge is 0.470 e. The van der Waals surface area contributed by atoms with Gasteiger partial charge in [0.25, 0.3) is 0 Å².